The van der Waals surface area contributed by atoms with Crippen molar-refractivity contribution in [3.8, 4) is 0 Å². The summed E-state index contributed by atoms with van der Waals surface area (Å²) in [4.78, 5) is 53.4. The Morgan fingerprint density at radius 2 is 1.59 bits per heavy atom. The molecule has 150 valence electrons. The van der Waals surface area contributed by atoms with E-state index in [1.54, 1.807) is 30.3 Å². The predicted molar refractivity (Wildman–Crippen MR) is 111 cm³/mol. The van der Waals surface area contributed by atoms with Gasteiger partial charge in [-0.25, -0.2) is 0 Å². The summed E-state index contributed by atoms with van der Waals surface area (Å²) in [5, 5.41) is 2.79. The summed E-state index contributed by atoms with van der Waals surface area (Å²) in [6.45, 7) is 1.29. The molecule has 0 bridgehead atoms. The second-order valence-corrected chi connectivity index (χ2v) is 7.49. The normalized spacial score (nSPS) is 13.8. The fourth-order valence-electron chi connectivity index (χ4n) is 3.22. The fraction of sp³-hybridized carbons (Fsp3) is 0.238. The molecule has 0 radical (unpaired) electrons. The molecule has 4 amide bonds. The van der Waals surface area contributed by atoms with E-state index in [4.69, 9.17) is 0 Å². The Bertz CT molecular complexity index is 956. The number of hydrogen-bond acceptors (Lipinski definition) is 5. The SMILES string of the molecule is CSc1ccccc1NC(=O)CN(C)C(=O)C(C)N1C(=O)c2ccccc2C1=O. The number of likely N-dealkylation sites (N-methyl/N-ethyl adjacent to an activating group) is 1. The third kappa shape index (κ3) is 4.02. The van der Waals surface area contributed by atoms with Gasteiger partial charge in [0, 0.05) is 11.9 Å². The van der Waals surface area contributed by atoms with E-state index >= 15 is 0 Å². The molecule has 0 saturated heterocycles. The molecule has 2 aromatic carbocycles. The van der Waals surface area contributed by atoms with Crippen LogP contribution in [0.2, 0.25) is 0 Å². The summed E-state index contributed by atoms with van der Waals surface area (Å²) in [6.07, 6.45) is 1.91. The molecular weight excluding hydrogens is 390 g/mol. The highest BCUT2D eigenvalue weighted by atomic mass is 32.2. The smallest absolute Gasteiger partial charge is 0.262 e. The minimum Gasteiger partial charge on any atom is -0.335 e. The van der Waals surface area contributed by atoms with Crippen molar-refractivity contribution in [2.75, 3.05) is 25.2 Å². The van der Waals surface area contributed by atoms with E-state index < -0.39 is 23.8 Å². The van der Waals surface area contributed by atoms with Crippen LogP contribution in [0.4, 0.5) is 5.69 Å². The zero-order valence-corrected chi connectivity index (χ0v) is 17.2. The number of hydrogen-bond donors (Lipinski definition) is 1. The lowest BCUT2D eigenvalue weighted by molar-refractivity contribution is -0.136. The maximum Gasteiger partial charge on any atom is 0.262 e. The lowest BCUT2D eigenvalue weighted by atomic mass is 10.1. The van der Waals surface area contributed by atoms with Crippen LogP contribution < -0.4 is 5.32 Å². The van der Waals surface area contributed by atoms with Crippen LogP contribution in [-0.4, -0.2) is 59.3 Å². The van der Waals surface area contributed by atoms with Gasteiger partial charge in [-0.2, -0.15) is 0 Å². The lowest BCUT2D eigenvalue weighted by Crippen LogP contribution is -2.49. The third-order valence-corrected chi connectivity index (χ3v) is 5.50. The quantitative estimate of drug-likeness (QED) is 0.583. The summed E-state index contributed by atoms with van der Waals surface area (Å²) < 4.78 is 0. The topological polar surface area (TPSA) is 86.8 Å². The predicted octanol–water partition coefficient (Wildman–Crippen LogP) is 2.49. The molecule has 0 aromatic heterocycles. The van der Waals surface area contributed by atoms with E-state index in [-0.39, 0.29) is 23.6 Å². The van der Waals surface area contributed by atoms with Crippen LogP contribution in [-0.2, 0) is 9.59 Å². The highest BCUT2D eigenvalue weighted by Crippen LogP contribution is 2.26. The van der Waals surface area contributed by atoms with Crippen molar-refractivity contribution in [1.29, 1.82) is 0 Å². The van der Waals surface area contributed by atoms with E-state index in [9.17, 15) is 19.2 Å². The van der Waals surface area contributed by atoms with Crippen LogP contribution in [0.1, 0.15) is 27.6 Å². The molecule has 1 N–H and O–H groups in total. The number of nitrogens with one attached hydrogen (secondary N) is 1. The molecule has 7 nitrogen and oxygen atoms in total. The number of para-hydroxylation sites is 1. The van der Waals surface area contributed by atoms with Gasteiger partial charge in [0.25, 0.3) is 11.8 Å². The Hall–Kier alpha value is -3.13. The van der Waals surface area contributed by atoms with Gasteiger partial charge in [-0.05, 0) is 37.4 Å². The Kier molecular flexibility index (Phi) is 6.03. The van der Waals surface area contributed by atoms with Gasteiger partial charge in [-0.1, -0.05) is 24.3 Å². The van der Waals surface area contributed by atoms with Crippen LogP contribution >= 0.6 is 11.8 Å². The van der Waals surface area contributed by atoms with E-state index in [1.807, 2.05) is 24.5 Å². The first-order chi connectivity index (χ1) is 13.8. The number of amides is 4. The summed E-state index contributed by atoms with van der Waals surface area (Å²) in [6, 6.07) is 12.8. The summed E-state index contributed by atoms with van der Waals surface area (Å²) in [7, 11) is 1.47. The second kappa shape index (κ2) is 8.48. The van der Waals surface area contributed by atoms with E-state index in [0.717, 1.165) is 9.80 Å². The number of imide groups is 1. The van der Waals surface area contributed by atoms with Crippen LogP contribution in [0.3, 0.4) is 0 Å². The molecule has 0 spiro atoms. The van der Waals surface area contributed by atoms with Crippen molar-refractivity contribution >= 4 is 41.1 Å². The maximum absolute atomic E-state index is 12.8. The minimum atomic E-state index is -1.02. The number of nitrogens with zero attached hydrogens (tertiary/aromatic N) is 2. The summed E-state index contributed by atoms with van der Waals surface area (Å²) in [5.41, 5.74) is 1.23. The van der Waals surface area contributed by atoms with Crippen LogP contribution in [0.15, 0.2) is 53.4 Å². The molecule has 1 aliphatic heterocycles. The van der Waals surface area contributed by atoms with Gasteiger partial charge in [-0.15, -0.1) is 11.8 Å². The molecule has 29 heavy (non-hydrogen) atoms. The molecule has 3 rings (SSSR count). The number of carbonyl (C=O) groups excluding carboxylic acids is 4. The number of fused-ring (bicyclic) bond motifs is 1. The second-order valence-electron chi connectivity index (χ2n) is 6.64. The van der Waals surface area contributed by atoms with Crippen molar-refractivity contribution in [3.63, 3.8) is 0 Å². The first-order valence-electron chi connectivity index (χ1n) is 9.00. The van der Waals surface area contributed by atoms with Crippen LogP contribution in [0.25, 0.3) is 0 Å². The van der Waals surface area contributed by atoms with Crippen molar-refractivity contribution in [2.24, 2.45) is 0 Å². The average molecular weight is 411 g/mol. The third-order valence-electron chi connectivity index (χ3n) is 4.71. The molecule has 1 atom stereocenters. The number of thioether (sulfide) groups is 1. The molecule has 1 unspecified atom stereocenters. The first kappa shape index (κ1) is 20.6. The zero-order valence-electron chi connectivity index (χ0n) is 16.3. The minimum absolute atomic E-state index is 0.199. The Morgan fingerprint density at radius 3 is 2.17 bits per heavy atom. The van der Waals surface area contributed by atoms with Crippen molar-refractivity contribution < 1.29 is 19.2 Å². The standard InChI is InChI=1S/C21H21N3O4S/c1-13(24-20(27)14-8-4-5-9-15(14)21(24)28)19(26)23(2)12-18(25)22-16-10-6-7-11-17(16)29-3/h4-11,13H,12H2,1-3H3,(H,22,25). The molecule has 0 saturated carbocycles. The van der Waals surface area contributed by atoms with Gasteiger partial charge in [0.2, 0.25) is 11.8 Å². The van der Waals surface area contributed by atoms with Gasteiger partial charge in [0.1, 0.15) is 6.04 Å². The number of rotatable bonds is 6. The monoisotopic (exact) mass is 411 g/mol. The Labute approximate surface area is 173 Å². The Balaban J connectivity index is 1.66. The summed E-state index contributed by atoms with van der Waals surface area (Å²) >= 11 is 1.50. The maximum atomic E-state index is 12.8. The molecule has 0 fully saturated rings. The van der Waals surface area contributed by atoms with Crippen molar-refractivity contribution in [1.82, 2.24) is 9.80 Å². The highest BCUT2D eigenvalue weighted by Gasteiger charge is 2.41. The fourth-order valence-corrected chi connectivity index (χ4v) is 3.77. The highest BCUT2D eigenvalue weighted by molar-refractivity contribution is 7.98. The zero-order chi connectivity index (χ0) is 21.1. The van der Waals surface area contributed by atoms with Crippen molar-refractivity contribution in [3.05, 3.63) is 59.7 Å². The van der Waals surface area contributed by atoms with Gasteiger partial charge < -0.3 is 10.2 Å². The molecular formula is C21H21N3O4S. The number of anilines is 1. The number of carbonyl (C=O) groups is 4. The van der Waals surface area contributed by atoms with E-state index in [0.29, 0.717) is 5.69 Å². The van der Waals surface area contributed by atoms with Crippen LogP contribution in [0.5, 0.6) is 0 Å². The number of benzene rings is 2. The average Bonchev–Trinajstić information content (AvgIpc) is 2.97. The Morgan fingerprint density at radius 1 is 1.03 bits per heavy atom. The molecule has 1 heterocycles. The molecule has 0 aliphatic carbocycles. The first-order valence-corrected chi connectivity index (χ1v) is 10.2. The van der Waals surface area contributed by atoms with Gasteiger partial charge in [-0.3, -0.25) is 24.1 Å². The van der Waals surface area contributed by atoms with E-state index in [1.165, 1.54) is 30.6 Å². The van der Waals surface area contributed by atoms with Gasteiger partial charge in [0.05, 0.1) is 23.4 Å². The van der Waals surface area contributed by atoms with Gasteiger partial charge in [0.15, 0.2) is 0 Å². The van der Waals surface area contributed by atoms with Crippen LogP contribution in [0, 0.1) is 0 Å². The van der Waals surface area contributed by atoms with Gasteiger partial charge >= 0.3 is 0 Å². The van der Waals surface area contributed by atoms with E-state index in [2.05, 4.69) is 5.32 Å². The molecule has 8 heteroatoms. The largest absolute Gasteiger partial charge is 0.335 e. The lowest BCUT2D eigenvalue weighted by Gasteiger charge is -2.26. The molecule has 1 aliphatic rings. The molecule has 2 aromatic rings. The van der Waals surface area contributed by atoms with Crippen molar-refractivity contribution in [2.45, 2.75) is 17.9 Å². The summed E-state index contributed by atoms with van der Waals surface area (Å²) in [5.74, 6) is -1.86.